The molecule has 4 nitrogen and oxygen atoms in total. The molecule has 0 amide bonds. The summed E-state index contributed by atoms with van der Waals surface area (Å²) in [4.78, 5) is 6.85. The van der Waals surface area contributed by atoms with E-state index in [1.807, 2.05) is 6.33 Å². The third-order valence-corrected chi connectivity index (χ3v) is 4.66. The van der Waals surface area contributed by atoms with Gasteiger partial charge in [0.1, 0.15) is 0 Å². The van der Waals surface area contributed by atoms with Gasteiger partial charge < -0.3 is 9.88 Å². The summed E-state index contributed by atoms with van der Waals surface area (Å²) in [5.41, 5.74) is 1.37. The quantitative estimate of drug-likeness (QED) is 0.900. The Bertz CT molecular complexity index is 410. The van der Waals surface area contributed by atoms with E-state index in [2.05, 4.69) is 40.1 Å². The fraction of sp³-hybridized carbons (Fsp3) is 0.800. The zero-order chi connectivity index (χ0) is 13.2. The Morgan fingerprint density at radius 3 is 2.79 bits per heavy atom. The van der Waals surface area contributed by atoms with E-state index < -0.39 is 0 Å². The van der Waals surface area contributed by atoms with Gasteiger partial charge in [-0.2, -0.15) is 0 Å². The summed E-state index contributed by atoms with van der Waals surface area (Å²) in [5, 5.41) is 3.73. The molecule has 2 atom stereocenters. The van der Waals surface area contributed by atoms with Crippen LogP contribution in [0.4, 0.5) is 0 Å². The molecule has 1 aliphatic carbocycles. The van der Waals surface area contributed by atoms with Gasteiger partial charge in [-0.05, 0) is 45.2 Å². The number of imidazole rings is 1. The normalized spacial score (nSPS) is 29.4. The Morgan fingerprint density at radius 2 is 2.11 bits per heavy atom. The Hall–Kier alpha value is -0.870. The molecule has 2 heterocycles. The molecule has 2 unspecified atom stereocenters. The third-order valence-electron chi connectivity index (χ3n) is 4.66. The standard InChI is InChI=1S/C15H26N4/c1-18-8-4-3-5-12(9-17-13-6-7-13)15(18)14-10-16-11-19(14)2/h10-13,15,17H,3-9H2,1-2H3. The van der Waals surface area contributed by atoms with Crippen LogP contribution in [0.25, 0.3) is 0 Å². The summed E-state index contributed by atoms with van der Waals surface area (Å²) < 4.78 is 2.19. The average Bonchev–Trinajstić information content (AvgIpc) is 3.16. The van der Waals surface area contributed by atoms with Crippen LogP contribution >= 0.6 is 0 Å². The number of hydrogen-bond acceptors (Lipinski definition) is 3. The Kier molecular flexibility index (Phi) is 3.89. The molecular formula is C15H26N4. The molecule has 0 spiro atoms. The first-order chi connectivity index (χ1) is 9.25. The Labute approximate surface area is 116 Å². The van der Waals surface area contributed by atoms with E-state index >= 15 is 0 Å². The van der Waals surface area contributed by atoms with Crippen LogP contribution in [-0.4, -0.2) is 40.6 Å². The predicted molar refractivity (Wildman–Crippen MR) is 76.9 cm³/mol. The number of likely N-dealkylation sites (tertiary alicyclic amines) is 1. The number of aromatic nitrogens is 2. The van der Waals surface area contributed by atoms with Crippen molar-refractivity contribution in [3.8, 4) is 0 Å². The van der Waals surface area contributed by atoms with E-state index in [-0.39, 0.29) is 0 Å². The Balaban J connectivity index is 1.77. The maximum absolute atomic E-state index is 4.32. The van der Waals surface area contributed by atoms with Crippen molar-refractivity contribution < 1.29 is 0 Å². The molecule has 1 N–H and O–H groups in total. The number of aryl methyl sites for hydroxylation is 1. The molecule has 4 heteroatoms. The molecule has 19 heavy (non-hydrogen) atoms. The van der Waals surface area contributed by atoms with Gasteiger partial charge in [0.15, 0.2) is 0 Å². The van der Waals surface area contributed by atoms with Crippen molar-refractivity contribution in [3.63, 3.8) is 0 Å². The van der Waals surface area contributed by atoms with Gasteiger partial charge in [-0.3, -0.25) is 4.90 Å². The maximum atomic E-state index is 4.32. The SMILES string of the molecule is CN1CCCCC(CNC2CC2)C1c1cncn1C. The zero-order valence-corrected chi connectivity index (χ0v) is 12.2. The van der Waals surface area contributed by atoms with Gasteiger partial charge in [0.25, 0.3) is 0 Å². The van der Waals surface area contributed by atoms with Gasteiger partial charge in [-0.1, -0.05) is 6.42 Å². The minimum atomic E-state index is 0.515. The van der Waals surface area contributed by atoms with E-state index in [1.54, 1.807) is 0 Å². The minimum absolute atomic E-state index is 0.515. The summed E-state index contributed by atoms with van der Waals surface area (Å²) in [7, 11) is 4.39. The molecule has 1 aromatic rings. The number of nitrogens with one attached hydrogen (secondary N) is 1. The van der Waals surface area contributed by atoms with E-state index in [0.29, 0.717) is 12.0 Å². The van der Waals surface area contributed by atoms with Crippen LogP contribution in [0, 0.1) is 5.92 Å². The third kappa shape index (κ3) is 3.00. The van der Waals surface area contributed by atoms with Crippen molar-refractivity contribution in [1.29, 1.82) is 0 Å². The molecular weight excluding hydrogens is 236 g/mol. The highest BCUT2D eigenvalue weighted by molar-refractivity contribution is 5.08. The number of nitrogens with zero attached hydrogens (tertiary/aromatic N) is 3. The smallest absolute Gasteiger partial charge is 0.0946 e. The topological polar surface area (TPSA) is 33.1 Å². The summed E-state index contributed by atoms with van der Waals surface area (Å²) in [6.07, 6.45) is 10.7. The number of hydrogen-bond donors (Lipinski definition) is 1. The van der Waals surface area contributed by atoms with Gasteiger partial charge in [0.2, 0.25) is 0 Å². The highest BCUT2D eigenvalue weighted by Gasteiger charge is 2.32. The lowest BCUT2D eigenvalue weighted by Crippen LogP contribution is -2.36. The fourth-order valence-corrected chi connectivity index (χ4v) is 3.36. The fourth-order valence-electron chi connectivity index (χ4n) is 3.36. The molecule has 1 aliphatic heterocycles. The number of rotatable bonds is 4. The summed E-state index contributed by atoms with van der Waals surface area (Å²) in [6.45, 7) is 2.36. The second-order valence-corrected chi connectivity index (χ2v) is 6.29. The minimum Gasteiger partial charge on any atom is -0.336 e. The summed E-state index contributed by atoms with van der Waals surface area (Å²) in [6, 6.07) is 1.32. The lowest BCUT2D eigenvalue weighted by atomic mass is 9.92. The molecule has 1 saturated heterocycles. The van der Waals surface area contributed by atoms with E-state index in [9.17, 15) is 0 Å². The van der Waals surface area contributed by atoms with E-state index in [1.165, 1.54) is 44.3 Å². The highest BCUT2D eigenvalue weighted by atomic mass is 15.2. The molecule has 3 rings (SSSR count). The molecule has 106 valence electrons. The Morgan fingerprint density at radius 1 is 1.26 bits per heavy atom. The highest BCUT2D eigenvalue weighted by Crippen LogP contribution is 2.34. The van der Waals surface area contributed by atoms with Crippen LogP contribution < -0.4 is 5.32 Å². The largest absolute Gasteiger partial charge is 0.336 e. The van der Waals surface area contributed by atoms with Crippen LogP contribution in [0.3, 0.4) is 0 Å². The van der Waals surface area contributed by atoms with Gasteiger partial charge in [0.05, 0.1) is 18.1 Å². The molecule has 2 fully saturated rings. The molecule has 1 saturated carbocycles. The van der Waals surface area contributed by atoms with Crippen molar-refractivity contribution >= 4 is 0 Å². The summed E-state index contributed by atoms with van der Waals surface area (Å²) in [5.74, 6) is 0.712. The van der Waals surface area contributed by atoms with Crippen molar-refractivity contribution in [3.05, 3.63) is 18.2 Å². The second-order valence-electron chi connectivity index (χ2n) is 6.29. The van der Waals surface area contributed by atoms with Crippen LogP contribution in [0.2, 0.25) is 0 Å². The van der Waals surface area contributed by atoms with Gasteiger partial charge in [-0.25, -0.2) is 4.98 Å². The summed E-state index contributed by atoms with van der Waals surface area (Å²) >= 11 is 0. The first kappa shape index (κ1) is 13.1. The molecule has 0 aromatic carbocycles. The van der Waals surface area contributed by atoms with Gasteiger partial charge >= 0.3 is 0 Å². The second kappa shape index (κ2) is 5.63. The lowest BCUT2D eigenvalue weighted by molar-refractivity contribution is 0.181. The van der Waals surface area contributed by atoms with E-state index in [4.69, 9.17) is 0 Å². The van der Waals surface area contributed by atoms with Crippen LogP contribution in [-0.2, 0) is 7.05 Å². The molecule has 1 aromatic heterocycles. The van der Waals surface area contributed by atoms with Crippen LogP contribution in [0.15, 0.2) is 12.5 Å². The van der Waals surface area contributed by atoms with Crippen LogP contribution in [0.1, 0.15) is 43.8 Å². The van der Waals surface area contributed by atoms with Gasteiger partial charge in [-0.15, -0.1) is 0 Å². The molecule has 2 aliphatic rings. The van der Waals surface area contributed by atoms with Crippen molar-refractivity contribution in [2.75, 3.05) is 20.1 Å². The molecule has 0 radical (unpaired) electrons. The van der Waals surface area contributed by atoms with E-state index in [0.717, 1.165) is 12.6 Å². The lowest BCUT2D eigenvalue weighted by Gasteiger charge is -2.32. The van der Waals surface area contributed by atoms with Gasteiger partial charge in [0, 0.05) is 25.8 Å². The van der Waals surface area contributed by atoms with Crippen LogP contribution in [0.5, 0.6) is 0 Å². The maximum Gasteiger partial charge on any atom is 0.0946 e. The van der Waals surface area contributed by atoms with Crippen molar-refractivity contribution in [1.82, 2.24) is 19.8 Å². The van der Waals surface area contributed by atoms with Crippen molar-refractivity contribution in [2.24, 2.45) is 13.0 Å². The average molecular weight is 262 g/mol. The predicted octanol–water partition coefficient (Wildman–Crippen LogP) is 1.95. The zero-order valence-electron chi connectivity index (χ0n) is 12.2. The monoisotopic (exact) mass is 262 g/mol. The first-order valence-electron chi connectivity index (χ1n) is 7.65. The molecule has 0 bridgehead atoms. The van der Waals surface area contributed by atoms with Crippen molar-refractivity contribution in [2.45, 2.75) is 44.2 Å². The first-order valence-corrected chi connectivity index (χ1v) is 7.65.